The summed E-state index contributed by atoms with van der Waals surface area (Å²) in [6.45, 7) is 0. The molecule has 1 rings (SSSR count). The number of rotatable bonds is 3. The van der Waals surface area contributed by atoms with Crippen LogP contribution in [0.15, 0.2) is 28.5 Å². The average Bonchev–Trinajstić information content (AvgIpc) is 2.09. The summed E-state index contributed by atoms with van der Waals surface area (Å²) in [5.41, 5.74) is 0.991. The second-order valence-corrected chi connectivity index (χ2v) is 2.46. The molecule has 0 heterocycles. The first-order valence-corrected chi connectivity index (χ1v) is 3.91. The number of hydrogen-bond donors (Lipinski definition) is 0. The fourth-order valence-corrected chi connectivity index (χ4v) is 1.11. The van der Waals surface area contributed by atoms with Crippen molar-refractivity contribution >= 4 is 6.21 Å². The lowest BCUT2D eigenvalue weighted by molar-refractivity contribution is -0.239. The van der Waals surface area contributed by atoms with Gasteiger partial charge in [0.05, 0.1) is 7.11 Å². The Bertz CT molecular complexity index is 225. The summed E-state index contributed by atoms with van der Waals surface area (Å²) in [5, 5.41) is 0. The highest BCUT2D eigenvalue weighted by Gasteiger charge is 2.08. The second kappa shape index (κ2) is 4.72. The molecule has 0 aliphatic heterocycles. The number of nitrogens with zero attached hydrogens (tertiary/aromatic N) is 1. The topological polar surface area (TPSA) is 30.8 Å². The van der Waals surface area contributed by atoms with Crippen LogP contribution in [0.25, 0.3) is 0 Å². The van der Waals surface area contributed by atoms with Gasteiger partial charge in [0.25, 0.3) is 0 Å². The molecule has 0 atom stereocenters. The third-order valence-electron chi connectivity index (χ3n) is 1.61. The van der Waals surface area contributed by atoms with Crippen molar-refractivity contribution in [3.63, 3.8) is 0 Å². The molecule has 0 unspecified atom stereocenters. The minimum absolute atomic E-state index is 0.852. The van der Waals surface area contributed by atoms with Crippen LogP contribution in [0.2, 0.25) is 0 Å². The minimum Gasteiger partial charge on any atom is -0.342 e. The van der Waals surface area contributed by atoms with Gasteiger partial charge in [-0.2, -0.15) is 4.89 Å². The maximum Gasteiger partial charge on any atom is 0.151 e. The summed E-state index contributed by atoms with van der Waals surface area (Å²) in [5.74, 6) is 0.852. The van der Waals surface area contributed by atoms with Crippen LogP contribution in [0, 0.1) is 0 Å². The molecule has 0 aromatic heterocycles. The van der Waals surface area contributed by atoms with E-state index in [9.17, 15) is 0 Å². The lowest BCUT2D eigenvalue weighted by Crippen LogP contribution is -2.00. The molecule has 0 spiro atoms. The molecule has 0 radical (unpaired) electrons. The van der Waals surface area contributed by atoms with Crippen molar-refractivity contribution in [2.24, 2.45) is 4.99 Å². The summed E-state index contributed by atoms with van der Waals surface area (Å²) in [6.07, 6.45) is 7.74. The maximum absolute atomic E-state index is 4.99. The monoisotopic (exact) mass is 167 g/mol. The molecule has 3 nitrogen and oxygen atoms in total. The zero-order chi connectivity index (χ0) is 8.81. The number of allylic oxidation sites excluding steroid dienone is 4. The molecule has 12 heavy (non-hydrogen) atoms. The summed E-state index contributed by atoms with van der Waals surface area (Å²) in [4.78, 5) is 13.5. The third kappa shape index (κ3) is 2.20. The Labute approximate surface area is 72.3 Å². The van der Waals surface area contributed by atoms with Crippen LogP contribution in [0.1, 0.15) is 12.8 Å². The van der Waals surface area contributed by atoms with E-state index in [2.05, 4.69) is 16.0 Å². The van der Waals surface area contributed by atoms with E-state index in [1.54, 1.807) is 13.3 Å². The van der Waals surface area contributed by atoms with Crippen molar-refractivity contribution in [1.29, 1.82) is 0 Å². The Morgan fingerprint density at radius 2 is 2.42 bits per heavy atom. The van der Waals surface area contributed by atoms with E-state index in [0.717, 1.165) is 24.2 Å². The van der Waals surface area contributed by atoms with Crippen LogP contribution in [-0.4, -0.2) is 20.4 Å². The predicted molar refractivity (Wildman–Crippen MR) is 47.9 cm³/mol. The summed E-state index contributed by atoms with van der Waals surface area (Å²) >= 11 is 0. The van der Waals surface area contributed by atoms with Gasteiger partial charge >= 0.3 is 0 Å². The van der Waals surface area contributed by atoms with E-state index in [4.69, 9.17) is 4.89 Å². The Hall–Kier alpha value is -1.09. The van der Waals surface area contributed by atoms with Crippen molar-refractivity contribution in [1.82, 2.24) is 0 Å². The molecule has 0 saturated carbocycles. The van der Waals surface area contributed by atoms with Crippen molar-refractivity contribution < 1.29 is 9.78 Å². The standard InChI is InChI=1S/C9H13NO2/c1-10-7-8-5-3-4-6-9(8)12-11-2/h3,5,7H,4,6H2,1-2H3. The number of aliphatic imine (C=N–C) groups is 1. The van der Waals surface area contributed by atoms with Crippen LogP contribution in [0.4, 0.5) is 0 Å². The van der Waals surface area contributed by atoms with Crippen LogP contribution in [0.5, 0.6) is 0 Å². The molecule has 66 valence electrons. The van der Waals surface area contributed by atoms with Gasteiger partial charge in [-0.15, -0.1) is 0 Å². The van der Waals surface area contributed by atoms with E-state index < -0.39 is 0 Å². The quantitative estimate of drug-likeness (QED) is 0.365. The predicted octanol–water partition coefficient (Wildman–Crippen LogP) is 1.87. The Kier molecular flexibility index (Phi) is 3.54. The molecule has 0 amide bonds. The molecule has 3 heteroatoms. The lowest BCUT2D eigenvalue weighted by atomic mass is 10.1. The molecular weight excluding hydrogens is 154 g/mol. The smallest absolute Gasteiger partial charge is 0.151 e. The first-order valence-electron chi connectivity index (χ1n) is 3.91. The molecule has 1 aliphatic carbocycles. The maximum atomic E-state index is 4.99. The van der Waals surface area contributed by atoms with Crippen molar-refractivity contribution in [3.05, 3.63) is 23.5 Å². The van der Waals surface area contributed by atoms with Crippen LogP contribution in [-0.2, 0) is 9.78 Å². The molecular formula is C9H13NO2. The number of hydrogen-bond acceptors (Lipinski definition) is 3. The summed E-state index contributed by atoms with van der Waals surface area (Å²) in [6, 6.07) is 0. The van der Waals surface area contributed by atoms with Crippen molar-refractivity contribution in [2.75, 3.05) is 14.2 Å². The molecule has 0 fully saturated rings. The largest absolute Gasteiger partial charge is 0.342 e. The van der Waals surface area contributed by atoms with E-state index in [1.807, 2.05) is 6.08 Å². The van der Waals surface area contributed by atoms with Crippen LogP contribution < -0.4 is 0 Å². The van der Waals surface area contributed by atoms with E-state index >= 15 is 0 Å². The highest BCUT2D eigenvalue weighted by atomic mass is 17.2. The first kappa shape index (κ1) is 9.00. The average molecular weight is 167 g/mol. The molecule has 0 saturated heterocycles. The van der Waals surface area contributed by atoms with Gasteiger partial charge in [0, 0.05) is 25.3 Å². The van der Waals surface area contributed by atoms with Gasteiger partial charge in [0.15, 0.2) is 5.76 Å². The lowest BCUT2D eigenvalue weighted by Gasteiger charge is -2.10. The molecule has 0 aromatic rings. The fraction of sp³-hybridized carbons (Fsp3) is 0.444. The Morgan fingerprint density at radius 3 is 3.08 bits per heavy atom. The zero-order valence-electron chi connectivity index (χ0n) is 7.41. The highest BCUT2D eigenvalue weighted by molar-refractivity contribution is 5.83. The van der Waals surface area contributed by atoms with Gasteiger partial charge < -0.3 is 4.89 Å². The first-order chi connectivity index (χ1) is 5.88. The Morgan fingerprint density at radius 1 is 1.58 bits per heavy atom. The van der Waals surface area contributed by atoms with Crippen LogP contribution >= 0.6 is 0 Å². The van der Waals surface area contributed by atoms with Crippen molar-refractivity contribution in [3.8, 4) is 0 Å². The normalized spacial score (nSPS) is 17.5. The van der Waals surface area contributed by atoms with Gasteiger partial charge in [-0.3, -0.25) is 4.99 Å². The summed E-state index contributed by atoms with van der Waals surface area (Å²) in [7, 11) is 3.24. The zero-order valence-corrected chi connectivity index (χ0v) is 7.41. The fourth-order valence-electron chi connectivity index (χ4n) is 1.11. The molecule has 0 bridgehead atoms. The van der Waals surface area contributed by atoms with Gasteiger partial charge in [-0.1, -0.05) is 12.2 Å². The summed E-state index contributed by atoms with van der Waals surface area (Å²) < 4.78 is 0. The van der Waals surface area contributed by atoms with Gasteiger partial charge in [0.2, 0.25) is 0 Å². The van der Waals surface area contributed by atoms with Gasteiger partial charge in [0.1, 0.15) is 0 Å². The van der Waals surface area contributed by atoms with E-state index in [1.165, 1.54) is 7.11 Å². The van der Waals surface area contributed by atoms with Crippen LogP contribution in [0.3, 0.4) is 0 Å². The molecule has 1 aliphatic rings. The van der Waals surface area contributed by atoms with E-state index in [0.29, 0.717) is 0 Å². The molecule has 0 aromatic carbocycles. The SMILES string of the molecule is CN=CC1=C(OOC)CCC=C1. The van der Waals surface area contributed by atoms with Crippen molar-refractivity contribution in [2.45, 2.75) is 12.8 Å². The second-order valence-electron chi connectivity index (χ2n) is 2.46. The van der Waals surface area contributed by atoms with Gasteiger partial charge in [-0.05, 0) is 6.42 Å². The highest BCUT2D eigenvalue weighted by Crippen LogP contribution is 2.18. The van der Waals surface area contributed by atoms with Gasteiger partial charge in [-0.25, -0.2) is 0 Å². The third-order valence-corrected chi connectivity index (χ3v) is 1.61. The minimum atomic E-state index is 0.852. The van der Waals surface area contributed by atoms with E-state index in [-0.39, 0.29) is 0 Å². The Balaban J connectivity index is 2.76. The molecule has 0 N–H and O–H groups in total.